The molecule has 1 N–H and O–H groups in total. The Hall–Kier alpha value is -0.0800. The number of rotatable bonds is 5. The second kappa shape index (κ2) is 7.64. The number of hydrogen-bond donors (Lipinski definition) is 1. The summed E-state index contributed by atoms with van der Waals surface area (Å²) in [4.78, 5) is 2.83. The normalized spacial score (nSPS) is 37.4. The van der Waals surface area contributed by atoms with Crippen molar-refractivity contribution in [1.29, 1.82) is 0 Å². The van der Waals surface area contributed by atoms with Gasteiger partial charge in [0.1, 0.15) is 0 Å². The van der Waals surface area contributed by atoms with E-state index >= 15 is 0 Å². The molecule has 0 radical (unpaired) electrons. The van der Waals surface area contributed by atoms with Crippen LogP contribution in [0.1, 0.15) is 59.3 Å². The monoisotopic (exact) mass is 266 g/mol. The van der Waals surface area contributed by atoms with E-state index in [-0.39, 0.29) is 0 Å². The van der Waals surface area contributed by atoms with Crippen molar-refractivity contribution in [3.05, 3.63) is 0 Å². The average molecular weight is 266 g/mol. The van der Waals surface area contributed by atoms with Gasteiger partial charge in [0, 0.05) is 12.6 Å². The van der Waals surface area contributed by atoms with Crippen molar-refractivity contribution in [2.75, 3.05) is 26.2 Å². The zero-order valence-electron chi connectivity index (χ0n) is 13.3. The van der Waals surface area contributed by atoms with Crippen molar-refractivity contribution in [3.8, 4) is 0 Å². The maximum absolute atomic E-state index is 3.62. The Bertz CT molecular complexity index is 244. The van der Waals surface area contributed by atoms with Gasteiger partial charge in [-0.3, -0.25) is 0 Å². The molecular formula is C17H34N2. The summed E-state index contributed by atoms with van der Waals surface area (Å²) in [6, 6.07) is 0.882. The molecule has 2 heteroatoms. The van der Waals surface area contributed by atoms with Gasteiger partial charge in [0.25, 0.3) is 0 Å². The van der Waals surface area contributed by atoms with E-state index in [0.717, 1.165) is 23.8 Å². The Labute approximate surface area is 120 Å². The summed E-state index contributed by atoms with van der Waals surface area (Å²) in [6.45, 7) is 12.3. The molecule has 2 nitrogen and oxygen atoms in total. The van der Waals surface area contributed by atoms with Gasteiger partial charge in [-0.05, 0) is 75.9 Å². The molecule has 19 heavy (non-hydrogen) atoms. The molecule has 0 spiro atoms. The maximum Gasteiger partial charge on any atom is 0.0100 e. The van der Waals surface area contributed by atoms with Crippen LogP contribution in [0, 0.1) is 17.8 Å². The Kier molecular flexibility index (Phi) is 6.15. The lowest BCUT2D eigenvalue weighted by molar-refractivity contribution is 0.0688. The number of piperidine rings is 1. The molecule has 2 rings (SSSR count). The molecule has 2 fully saturated rings. The standard InChI is InChI=1S/C17H34N2/c1-4-7-18-12-16-6-5-8-19(13-16)17-10-14(2)9-15(3)11-17/h14-18H,4-13H2,1-3H3. The molecule has 112 valence electrons. The van der Waals surface area contributed by atoms with E-state index in [1.54, 1.807) is 0 Å². The van der Waals surface area contributed by atoms with Gasteiger partial charge in [0.2, 0.25) is 0 Å². The highest BCUT2D eigenvalue weighted by Crippen LogP contribution is 2.33. The summed E-state index contributed by atoms with van der Waals surface area (Å²) < 4.78 is 0. The second-order valence-electron chi connectivity index (χ2n) is 7.28. The Morgan fingerprint density at radius 3 is 2.53 bits per heavy atom. The van der Waals surface area contributed by atoms with Gasteiger partial charge in [0.05, 0.1) is 0 Å². The third-order valence-electron chi connectivity index (χ3n) is 5.08. The lowest BCUT2D eigenvalue weighted by Gasteiger charge is -2.43. The third-order valence-corrected chi connectivity index (χ3v) is 5.08. The Morgan fingerprint density at radius 1 is 1.11 bits per heavy atom. The number of likely N-dealkylation sites (tertiary alicyclic amines) is 1. The molecule has 0 aromatic heterocycles. The molecule has 0 bridgehead atoms. The van der Waals surface area contributed by atoms with Crippen molar-refractivity contribution >= 4 is 0 Å². The zero-order valence-corrected chi connectivity index (χ0v) is 13.3. The van der Waals surface area contributed by atoms with Gasteiger partial charge < -0.3 is 10.2 Å². The molecule has 1 saturated carbocycles. The molecule has 1 aliphatic heterocycles. The fourth-order valence-corrected chi connectivity index (χ4v) is 4.28. The van der Waals surface area contributed by atoms with Crippen LogP contribution in [0.15, 0.2) is 0 Å². The van der Waals surface area contributed by atoms with Crippen LogP contribution in [-0.4, -0.2) is 37.1 Å². The summed E-state index contributed by atoms with van der Waals surface area (Å²) in [6.07, 6.45) is 8.45. The van der Waals surface area contributed by atoms with Crippen molar-refractivity contribution in [2.24, 2.45) is 17.8 Å². The molecule has 0 aromatic rings. The smallest absolute Gasteiger partial charge is 0.0100 e. The highest BCUT2D eigenvalue weighted by atomic mass is 15.2. The van der Waals surface area contributed by atoms with Crippen LogP contribution in [0.3, 0.4) is 0 Å². The van der Waals surface area contributed by atoms with Crippen LogP contribution in [0.4, 0.5) is 0 Å². The second-order valence-corrected chi connectivity index (χ2v) is 7.28. The molecule has 3 atom stereocenters. The van der Waals surface area contributed by atoms with E-state index in [4.69, 9.17) is 0 Å². The third kappa shape index (κ3) is 4.75. The Morgan fingerprint density at radius 2 is 1.84 bits per heavy atom. The lowest BCUT2D eigenvalue weighted by atomic mass is 9.79. The molecule has 1 aliphatic carbocycles. The van der Waals surface area contributed by atoms with Gasteiger partial charge in [-0.15, -0.1) is 0 Å². The lowest BCUT2D eigenvalue weighted by Crippen LogP contribution is -2.47. The van der Waals surface area contributed by atoms with Crippen molar-refractivity contribution < 1.29 is 0 Å². The minimum Gasteiger partial charge on any atom is -0.316 e. The van der Waals surface area contributed by atoms with Gasteiger partial charge in [-0.2, -0.15) is 0 Å². The Balaban J connectivity index is 1.79. The minimum atomic E-state index is 0.882. The molecular weight excluding hydrogens is 232 g/mol. The van der Waals surface area contributed by atoms with Crippen molar-refractivity contribution in [2.45, 2.75) is 65.3 Å². The van der Waals surface area contributed by atoms with Crippen LogP contribution in [0.25, 0.3) is 0 Å². The minimum absolute atomic E-state index is 0.882. The largest absolute Gasteiger partial charge is 0.316 e. The molecule has 2 aliphatic rings. The first-order valence-electron chi connectivity index (χ1n) is 8.63. The molecule has 0 amide bonds. The number of hydrogen-bond acceptors (Lipinski definition) is 2. The average Bonchev–Trinajstić information content (AvgIpc) is 2.38. The quantitative estimate of drug-likeness (QED) is 0.766. The van der Waals surface area contributed by atoms with Crippen molar-refractivity contribution in [1.82, 2.24) is 10.2 Å². The maximum atomic E-state index is 3.62. The van der Waals surface area contributed by atoms with Crippen molar-refractivity contribution in [3.63, 3.8) is 0 Å². The predicted molar refractivity (Wildman–Crippen MR) is 83.4 cm³/mol. The van der Waals surface area contributed by atoms with E-state index in [1.165, 1.54) is 64.7 Å². The van der Waals surface area contributed by atoms with Gasteiger partial charge >= 0.3 is 0 Å². The molecule has 3 unspecified atom stereocenters. The number of nitrogens with zero attached hydrogens (tertiary/aromatic N) is 1. The van der Waals surface area contributed by atoms with Crippen LogP contribution in [-0.2, 0) is 0 Å². The highest BCUT2D eigenvalue weighted by molar-refractivity contribution is 4.85. The van der Waals surface area contributed by atoms with Crippen LogP contribution in [0.5, 0.6) is 0 Å². The van der Waals surface area contributed by atoms with Crippen LogP contribution >= 0.6 is 0 Å². The van der Waals surface area contributed by atoms with E-state index in [2.05, 4.69) is 31.0 Å². The van der Waals surface area contributed by atoms with E-state index < -0.39 is 0 Å². The zero-order chi connectivity index (χ0) is 13.7. The van der Waals surface area contributed by atoms with Gasteiger partial charge in [-0.25, -0.2) is 0 Å². The van der Waals surface area contributed by atoms with Gasteiger partial charge in [-0.1, -0.05) is 20.8 Å². The fourth-order valence-electron chi connectivity index (χ4n) is 4.28. The van der Waals surface area contributed by atoms with E-state index in [1.807, 2.05) is 0 Å². The topological polar surface area (TPSA) is 15.3 Å². The number of nitrogens with one attached hydrogen (secondary N) is 1. The van der Waals surface area contributed by atoms with Crippen LogP contribution in [0.2, 0.25) is 0 Å². The first kappa shape index (κ1) is 15.3. The first-order chi connectivity index (χ1) is 9.19. The van der Waals surface area contributed by atoms with Crippen LogP contribution < -0.4 is 5.32 Å². The van der Waals surface area contributed by atoms with E-state index in [0.29, 0.717) is 0 Å². The fraction of sp³-hybridized carbons (Fsp3) is 1.00. The molecule has 1 saturated heterocycles. The molecule has 0 aromatic carbocycles. The summed E-state index contributed by atoms with van der Waals surface area (Å²) in [5, 5.41) is 3.62. The summed E-state index contributed by atoms with van der Waals surface area (Å²) in [5.74, 6) is 2.77. The SMILES string of the molecule is CCCNCC1CCCN(C2CC(C)CC(C)C2)C1. The molecule has 1 heterocycles. The highest BCUT2D eigenvalue weighted by Gasteiger charge is 2.31. The first-order valence-corrected chi connectivity index (χ1v) is 8.63. The predicted octanol–water partition coefficient (Wildman–Crippen LogP) is 3.52. The van der Waals surface area contributed by atoms with Gasteiger partial charge in [0.15, 0.2) is 0 Å². The summed E-state index contributed by atoms with van der Waals surface area (Å²) in [5.41, 5.74) is 0. The summed E-state index contributed by atoms with van der Waals surface area (Å²) >= 11 is 0. The summed E-state index contributed by atoms with van der Waals surface area (Å²) in [7, 11) is 0. The van der Waals surface area contributed by atoms with E-state index in [9.17, 15) is 0 Å².